The summed E-state index contributed by atoms with van der Waals surface area (Å²) in [6.07, 6.45) is 1.82. The summed E-state index contributed by atoms with van der Waals surface area (Å²) in [5, 5.41) is 1.05. The summed E-state index contributed by atoms with van der Waals surface area (Å²) in [6, 6.07) is 7.03. The van der Waals surface area contributed by atoms with Gasteiger partial charge in [-0.25, -0.2) is 8.42 Å². The van der Waals surface area contributed by atoms with Gasteiger partial charge in [0.05, 0.1) is 24.0 Å². The lowest BCUT2D eigenvalue weighted by atomic mass is 10.1. The molecule has 2 aliphatic heterocycles. The molecule has 2 saturated heterocycles. The first-order chi connectivity index (χ1) is 11.4. The van der Waals surface area contributed by atoms with Gasteiger partial charge in [0, 0.05) is 16.8 Å². The molecule has 0 aliphatic carbocycles. The SMILES string of the molecule is C=CCN1C(=NC(=O)Cc2ccccc2Cl)S[C@@H]2CS(=O)(=O)C[C@@H]21. The molecule has 3 rings (SSSR count). The summed E-state index contributed by atoms with van der Waals surface area (Å²) in [4.78, 5) is 18.4. The van der Waals surface area contributed by atoms with E-state index in [1.807, 2.05) is 17.0 Å². The standard InChI is InChI=1S/C16H17ClN2O3S2/c1-2-7-19-13-9-24(21,22)10-14(13)23-16(19)18-15(20)8-11-5-3-4-6-12(11)17/h2-6,13-14H,1,7-10H2/t13-,14+/m0/s1. The second-order valence-electron chi connectivity index (χ2n) is 5.80. The molecule has 0 radical (unpaired) electrons. The average molecular weight is 385 g/mol. The fraction of sp³-hybridized carbons (Fsp3) is 0.375. The van der Waals surface area contributed by atoms with Crippen molar-refractivity contribution in [3.63, 3.8) is 0 Å². The van der Waals surface area contributed by atoms with Crippen molar-refractivity contribution in [1.29, 1.82) is 0 Å². The molecule has 1 aromatic rings. The Labute approximate surface area is 150 Å². The summed E-state index contributed by atoms with van der Waals surface area (Å²) in [6.45, 7) is 4.18. The first-order valence-corrected chi connectivity index (χ1v) is 10.6. The molecule has 2 atom stereocenters. The van der Waals surface area contributed by atoms with E-state index in [0.717, 1.165) is 5.56 Å². The van der Waals surface area contributed by atoms with Gasteiger partial charge in [-0.15, -0.1) is 6.58 Å². The minimum Gasteiger partial charge on any atom is -0.342 e. The van der Waals surface area contributed by atoms with Crippen LogP contribution in [0.25, 0.3) is 0 Å². The second-order valence-corrected chi connectivity index (χ2v) is 9.57. The summed E-state index contributed by atoms with van der Waals surface area (Å²) >= 11 is 7.45. The molecule has 0 spiro atoms. The van der Waals surface area contributed by atoms with Crippen molar-refractivity contribution in [2.24, 2.45) is 4.99 Å². The Morgan fingerprint density at radius 3 is 2.88 bits per heavy atom. The van der Waals surface area contributed by atoms with E-state index in [1.54, 1.807) is 18.2 Å². The van der Waals surface area contributed by atoms with E-state index in [2.05, 4.69) is 11.6 Å². The first-order valence-electron chi connectivity index (χ1n) is 7.49. The van der Waals surface area contributed by atoms with E-state index in [0.29, 0.717) is 16.7 Å². The second kappa shape index (κ2) is 6.90. The number of benzene rings is 1. The van der Waals surface area contributed by atoms with Gasteiger partial charge < -0.3 is 4.90 Å². The van der Waals surface area contributed by atoms with Crippen molar-refractivity contribution in [3.05, 3.63) is 47.5 Å². The molecule has 1 amide bonds. The van der Waals surface area contributed by atoms with Crippen molar-refractivity contribution in [3.8, 4) is 0 Å². The normalized spacial score (nSPS) is 26.5. The molecule has 0 N–H and O–H groups in total. The average Bonchev–Trinajstić information content (AvgIpc) is 2.95. The molecule has 128 valence electrons. The van der Waals surface area contributed by atoms with E-state index in [9.17, 15) is 13.2 Å². The zero-order valence-corrected chi connectivity index (χ0v) is 15.3. The van der Waals surface area contributed by atoms with E-state index in [-0.39, 0.29) is 35.1 Å². The summed E-state index contributed by atoms with van der Waals surface area (Å²) < 4.78 is 23.6. The Morgan fingerprint density at radius 2 is 2.17 bits per heavy atom. The van der Waals surface area contributed by atoms with Crippen molar-refractivity contribution in [2.75, 3.05) is 18.1 Å². The smallest absolute Gasteiger partial charge is 0.252 e. The number of rotatable bonds is 4. The van der Waals surface area contributed by atoms with Gasteiger partial charge in [-0.1, -0.05) is 47.6 Å². The lowest BCUT2D eigenvalue weighted by molar-refractivity contribution is -0.117. The maximum atomic E-state index is 12.3. The molecule has 0 saturated carbocycles. The van der Waals surface area contributed by atoms with Crippen LogP contribution in [-0.4, -0.2) is 53.7 Å². The topological polar surface area (TPSA) is 66.8 Å². The van der Waals surface area contributed by atoms with Crippen LogP contribution >= 0.6 is 23.4 Å². The number of fused-ring (bicyclic) bond motifs is 1. The van der Waals surface area contributed by atoms with Crippen LogP contribution in [0.2, 0.25) is 5.02 Å². The number of nitrogens with zero attached hydrogens (tertiary/aromatic N) is 2. The lowest BCUT2D eigenvalue weighted by Crippen LogP contribution is -2.37. The number of carbonyl (C=O) groups is 1. The van der Waals surface area contributed by atoms with E-state index in [1.165, 1.54) is 11.8 Å². The molecule has 2 aliphatic rings. The molecular formula is C16H17ClN2O3S2. The third kappa shape index (κ3) is 3.68. The van der Waals surface area contributed by atoms with Gasteiger partial charge >= 0.3 is 0 Å². The number of hydrogen-bond acceptors (Lipinski definition) is 4. The number of amides is 1. The van der Waals surface area contributed by atoms with E-state index < -0.39 is 9.84 Å². The van der Waals surface area contributed by atoms with Crippen LogP contribution < -0.4 is 0 Å². The largest absolute Gasteiger partial charge is 0.342 e. The van der Waals surface area contributed by atoms with Gasteiger partial charge in [0.15, 0.2) is 15.0 Å². The van der Waals surface area contributed by atoms with Crippen LogP contribution in [-0.2, 0) is 21.1 Å². The molecule has 2 heterocycles. The van der Waals surface area contributed by atoms with E-state index >= 15 is 0 Å². The zero-order chi connectivity index (χ0) is 17.3. The minimum absolute atomic E-state index is 0.0678. The Balaban J connectivity index is 1.78. The number of amidine groups is 1. The molecule has 2 fully saturated rings. The minimum atomic E-state index is -3.02. The summed E-state index contributed by atoms with van der Waals surface area (Å²) in [5.74, 6) is -0.0493. The highest BCUT2D eigenvalue weighted by molar-refractivity contribution is 8.15. The highest BCUT2D eigenvalue weighted by atomic mass is 35.5. The number of sulfone groups is 1. The maximum absolute atomic E-state index is 12.3. The van der Waals surface area contributed by atoms with Crippen LogP contribution in [0.1, 0.15) is 5.56 Å². The van der Waals surface area contributed by atoms with Crippen LogP contribution in [0.4, 0.5) is 0 Å². The van der Waals surface area contributed by atoms with Crippen LogP contribution in [0.3, 0.4) is 0 Å². The Bertz CT molecular complexity index is 807. The number of carbonyl (C=O) groups excluding carboxylic acids is 1. The third-order valence-corrected chi connectivity index (χ3v) is 7.64. The fourth-order valence-electron chi connectivity index (χ4n) is 2.94. The quantitative estimate of drug-likeness (QED) is 0.744. The van der Waals surface area contributed by atoms with Crippen LogP contribution in [0.5, 0.6) is 0 Å². The van der Waals surface area contributed by atoms with Gasteiger partial charge in [0.2, 0.25) is 0 Å². The predicted molar refractivity (Wildman–Crippen MR) is 98.3 cm³/mol. The highest BCUT2D eigenvalue weighted by Crippen LogP contribution is 2.38. The Kier molecular flexibility index (Phi) is 5.03. The molecule has 5 nitrogen and oxygen atoms in total. The maximum Gasteiger partial charge on any atom is 0.252 e. The molecular weight excluding hydrogens is 368 g/mol. The number of hydrogen-bond donors (Lipinski definition) is 0. The van der Waals surface area contributed by atoms with Gasteiger partial charge in [0.1, 0.15) is 0 Å². The predicted octanol–water partition coefficient (Wildman–Crippen LogP) is 2.17. The van der Waals surface area contributed by atoms with Gasteiger partial charge in [-0.05, 0) is 11.6 Å². The molecule has 1 aromatic carbocycles. The van der Waals surface area contributed by atoms with Gasteiger partial charge in [0.25, 0.3) is 5.91 Å². The summed E-state index contributed by atoms with van der Waals surface area (Å²) in [7, 11) is -3.02. The van der Waals surface area contributed by atoms with Crippen molar-refractivity contribution in [2.45, 2.75) is 17.7 Å². The Hall–Kier alpha value is -1.31. The first kappa shape index (κ1) is 17.5. The highest BCUT2D eigenvalue weighted by Gasteiger charge is 2.48. The van der Waals surface area contributed by atoms with Crippen molar-refractivity contribution >= 4 is 44.3 Å². The van der Waals surface area contributed by atoms with Crippen LogP contribution in [0, 0.1) is 0 Å². The number of thioether (sulfide) groups is 1. The lowest BCUT2D eigenvalue weighted by Gasteiger charge is -2.22. The molecule has 0 unspecified atom stereocenters. The van der Waals surface area contributed by atoms with Gasteiger partial charge in [-0.2, -0.15) is 4.99 Å². The zero-order valence-electron chi connectivity index (χ0n) is 12.9. The molecule has 0 bridgehead atoms. The van der Waals surface area contributed by atoms with Crippen LogP contribution in [0.15, 0.2) is 41.9 Å². The van der Waals surface area contributed by atoms with Crippen molar-refractivity contribution < 1.29 is 13.2 Å². The van der Waals surface area contributed by atoms with E-state index in [4.69, 9.17) is 11.6 Å². The molecule has 8 heteroatoms. The number of halogens is 1. The van der Waals surface area contributed by atoms with Crippen molar-refractivity contribution in [1.82, 2.24) is 4.90 Å². The van der Waals surface area contributed by atoms with Gasteiger partial charge in [-0.3, -0.25) is 4.79 Å². The summed E-state index contributed by atoms with van der Waals surface area (Å²) in [5.41, 5.74) is 0.731. The molecule has 0 aromatic heterocycles. The third-order valence-electron chi connectivity index (χ3n) is 4.02. The number of aliphatic imine (C=N–C) groups is 1. The molecule has 24 heavy (non-hydrogen) atoms. The fourth-order valence-corrected chi connectivity index (χ4v) is 7.12. The Morgan fingerprint density at radius 1 is 1.42 bits per heavy atom. The monoisotopic (exact) mass is 384 g/mol.